The first-order valence-corrected chi connectivity index (χ1v) is 7.73. The molecule has 1 aromatic rings. The van der Waals surface area contributed by atoms with Crippen LogP contribution < -0.4 is 5.32 Å². The molecule has 1 N–H and O–H groups in total. The SMILES string of the molecule is CC(C)NCC(c1ccccc1)N(C)C(C)C(C)(C)C. The molecule has 0 aliphatic heterocycles. The van der Waals surface area contributed by atoms with Crippen molar-refractivity contribution in [3.05, 3.63) is 35.9 Å². The van der Waals surface area contributed by atoms with Crippen molar-refractivity contribution in [2.75, 3.05) is 13.6 Å². The van der Waals surface area contributed by atoms with Crippen LogP contribution in [0.15, 0.2) is 30.3 Å². The number of hydrogen-bond donors (Lipinski definition) is 1. The first-order chi connectivity index (χ1) is 9.23. The fourth-order valence-corrected chi connectivity index (χ4v) is 2.40. The lowest BCUT2D eigenvalue weighted by molar-refractivity contribution is 0.0950. The minimum absolute atomic E-state index is 0.277. The first kappa shape index (κ1) is 17.2. The number of nitrogens with zero attached hydrogens (tertiary/aromatic N) is 1. The van der Waals surface area contributed by atoms with Crippen LogP contribution in [0.25, 0.3) is 0 Å². The van der Waals surface area contributed by atoms with Crippen molar-refractivity contribution in [2.24, 2.45) is 5.41 Å². The van der Waals surface area contributed by atoms with Crippen molar-refractivity contribution in [2.45, 2.75) is 59.7 Å². The summed E-state index contributed by atoms with van der Waals surface area (Å²) in [6.45, 7) is 14.7. The van der Waals surface area contributed by atoms with Crippen LogP contribution in [0.2, 0.25) is 0 Å². The Labute approximate surface area is 125 Å². The van der Waals surface area contributed by atoms with E-state index in [9.17, 15) is 0 Å². The van der Waals surface area contributed by atoms with Gasteiger partial charge in [0.25, 0.3) is 0 Å². The van der Waals surface area contributed by atoms with Gasteiger partial charge in [-0.1, -0.05) is 65.0 Å². The van der Waals surface area contributed by atoms with Crippen molar-refractivity contribution in [3.63, 3.8) is 0 Å². The molecule has 2 nitrogen and oxygen atoms in total. The monoisotopic (exact) mass is 276 g/mol. The molecule has 0 aromatic heterocycles. The van der Waals surface area contributed by atoms with Gasteiger partial charge in [0.15, 0.2) is 0 Å². The first-order valence-electron chi connectivity index (χ1n) is 7.73. The van der Waals surface area contributed by atoms with Gasteiger partial charge >= 0.3 is 0 Å². The van der Waals surface area contributed by atoms with Gasteiger partial charge in [-0.15, -0.1) is 0 Å². The Morgan fingerprint density at radius 1 is 1.05 bits per heavy atom. The van der Waals surface area contributed by atoms with E-state index in [0.717, 1.165) is 6.54 Å². The van der Waals surface area contributed by atoms with Crippen LogP contribution >= 0.6 is 0 Å². The summed E-state index contributed by atoms with van der Waals surface area (Å²) in [4.78, 5) is 2.50. The Morgan fingerprint density at radius 3 is 2.05 bits per heavy atom. The molecule has 0 heterocycles. The molecule has 1 rings (SSSR count). The molecule has 0 aliphatic carbocycles. The number of hydrogen-bond acceptors (Lipinski definition) is 2. The van der Waals surface area contributed by atoms with Gasteiger partial charge < -0.3 is 5.32 Å². The van der Waals surface area contributed by atoms with Gasteiger partial charge in [0, 0.05) is 24.7 Å². The normalized spacial score (nSPS) is 15.7. The molecule has 0 fully saturated rings. The van der Waals surface area contributed by atoms with Crippen molar-refractivity contribution < 1.29 is 0 Å². The summed E-state index contributed by atoms with van der Waals surface area (Å²) >= 11 is 0. The summed E-state index contributed by atoms with van der Waals surface area (Å²) in [6, 6.07) is 12.3. The zero-order valence-corrected chi connectivity index (χ0v) is 14.3. The maximum absolute atomic E-state index is 3.59. The average Bonchev–Trinajstić information content (AvgIpc) is 2.37. The Hall–Kier alpha value is -0.860. The maximum Gasteiger partial charge on any atom is 0.0472 e. The molecule has 114 valence electrons. The van der Waals surface area contributed by atoms with Crippen molar-refractivity contribution >= 4 is 0 Å². The predicted molar refractivity (Wildman–Crippen MR) is 89.0 cm³/mol. The van der Waals surface area contributed by atoms with E-state index in [2.05, 4.69) is 89.1 Å². The lowest BCUT2D eigenvalue weighted by Crippen LogP contribution is -2.45. The highest BCUT2D eigenvalue weighted by molar-refractivity contribution is 5.19. The van der Waals surface area contributed by atoms with Gasteiger partial charge in [0.05, 0.1) is 0 Å². The molecule has 2 heteroatoms. The molecule has 0 amide bonds. The lowest BCUT2D eigenvalue weighted by atomic mass is 9.86. The third-order valence-electron chi connectivity index (χ3n) is 4.26. The summed E-state index contributed by atoms with van der Waals surface area (Å²) in [7, 11) is 2.25. The lowest BCUT2D eigenvalue weighted by Gasteiger charge is -2.40. The van der Waals surface area contributed by atoms with Crippen LogP contribution in [-0.2, 0) is 0 Å². The molecule has 20 heavy (non-hydrogen) atoms. The van der Waals surface area contributed by atoms with E-state index >= 15 is 0 Å². The van der Waals surface area contributed by atoms with Gasteiger partial charge in [-0.25, -0.2) is 0 Å². The minimum Gasteiger partial charge on any atom is -0.313 e. The largest absolute Gasteiger partial charge is 0.313 e. The van der Waals surface area contributed by atoms with E-state index in [0.29, 0.717) is 18.1 Å². The summed E-state index contributed by atoms with van der Waals surface area (Å²) in [5, 5.41) is 3.59. The summed E-state index contributed by atoms with van der Waals surface area (Å²) < 4.78 is 0. The van der Waals surface area contributed by atoms with Crippen LogP contribution in [0.3, 0.4) is 0 Å². The Kier molecular flexibility index (Phi) is 6.22. The molecule has 0 radical (unpaired) electrons. The molecule has 0 aliphatic rings. The molecular weight excluding hydrogens is 244 g/mol. The highest BCUT2D eigenvalue weighted by Gasteiger charge is 2.29. The Bertz CT molecular complexity index is 378. The Morgan fingerprint density at radius 2 is 1.60 bits per heavy atom. The molecule has 0 saturated carbocycles. The van der Waals surface area contributed by atoms with Crippen molar-refractivity contribution in [1.29, 1.82) is 0 Å². The minimum atomic E-state index is 0.277. The summed E-state index contributed by atoms with van der Waals surface area (Å²) in [5.74, 6) is 0. The number of nitrogens with one attached hydrogen (secondary N) is 1. The van der Waals surface area contributed by atoms with Crippen LogP contribution in [0.1, 0.15) is 53.1 Å². The molecule has 0 saturated heterocycles. The smallest absolute Gasteiger partial charge is 0.0472 e. The fourth-order valence-electron chi connectivity index (χ4n) is 2.40. The highest BCUT2D eigenvalue weighted by Crippen LogP contribution is 2.29. The van der Waals surface area contributed by atoms with Crippen molar-refractivity contribution in [1.82, 2.24) is 10.2 Å². The van der Waals surface area contributed by atoms with Crippen LogP contribution in [0.4, 0.5) is 0 Å². The second-order valence-electron chi connectivity index (χ2n) is 7.20. The average molecular weight is 276 g/mol. The van der Waals surface area contributed by atoms with E-state index in [1.165, 1.54) is 5.56 Å². The third-order valence-corrected chi connectivity index (χ3v) is 4.26. The number of likely N-dealkylation sites (N-methyl/N-ethyl adjacent to an activating group) is 1. The Balaban J connectivity index is 2.93. The van der Waals surface area contributed by atoms with Gasteiger partial charge in [-0.3, -0.25) is 4.90 Å². The second-order valence-corrected chi connectivity index (χ2v) is 7.20. The number of benzene rings is 1. The third kappa shape index (κ3) is 4.92. The summed E-state index contributed by atoms with van der Waals surface area (Å²) in [5.41, 5.74) is 1.67. The van der Waals surface area contributed by atoms with E-state index in [4.69, 9.17) is 0 Å². The van der Waals surface area contributed by atoms with E-state index in [1.54, 1.807) is 0 Å². The predicted octanol–water partition coefficient (Wildman–Crippen LogP) is 4.09. The van der Waals surface area contributed by atoms with Crippen LogP contribution in [0, 0.1) is 5.41 Å². The molecule has 1 aromatic carbocycles. The van der Waals surface area contributed by atoms with Gasteiger partial charge in [-0.05, 0) is 24.9 Å². The van der Waals surface area contributed by atoms with Crippen LogP contribution in [0.5, 0.6) is 0 Å². The highest BCUT2D eigenvalue weighted by atomic mass is 15.2. The quantitative estimate of drug-likeness (QED) is 0.842. The topological polar surface area (TPSA) is 15.3 Å². The van der Waals surface area contributed by atoms with E-state index in [-0.39, 0.29) is 5.41 Å². The zero-order valence-electron chi connectivity index (χ0n) is 14.3. The van der Waals surface area contributed by atoms with E-state index in [1.807, 2.05) is 0 Å². The molecular formula is C18H32N2. The van der Waals surface area contributed by atoms with Gasteiger partial charge in [-0.2, -0.15) is 0 Å². The van der Waals surface area contributed by atoms with Gasteiger partial charge in [0.1, 0.15) is 0 Å². The maximum atomic E-state index is 3.59. The fraction of sp³-hybridized carbons (Fsp3) is 0.667. The van der Waals surface area contributed by atoms with Crippen molar-refractivity contribution in [3.8, 4) is 0 Å². The second kappa shape index (κ2) is 7.24. The summed E-state index contributed by atoms with van der Waals surface area (Å²) in [6.07, 6.45) is 0. The molecule has 0 spiro atoms. The van der Waals surface area contributed by atoms with Gasteiger partial charge in [0.2, 0.25) is 0 Å². The van der Waals surface area contributed by atoms with Crippen LogP contribution in [-0.4, -0.2) is 30.6 Å². The molecule has 2 atom stereocenters. The number of rotatable bonds is 6. The molecule has 2 unspecified atom stereocenters. The standard InChI is InChI=1S/C18H32N2/c1-14(2)19-13-17(16-11-9-8-10-12-16)20(7)15(3)18(4,5)6/h8-12,14-15,17,19H,13H2,1-7H3. The molecule has 0 bridgehead atoms. The van der Waals surface area contributed by atoms with E-state index < -0.39 is 0 Å². The zero-order chi connectivity index (χ0) is 15.3.